The first-order valence-corrected chi connectivity index (χ1v) is 10.1. The molecule has 4 rings (SSSR count). The summed E-state index contributed by atoms with van der Waals surface area (Å²) in [4.78, 5) is 29.5. The number of hydrogen-bond donors (Lipinski definition) is 0. The first-order valence-electron chi connectivity index (χ1n) is 10.1. The van der Waals surface area contributed by atoms with Gasteiger partial charge >= 0.3 is 0 Å². The third-order valence-corrected chi connectivity index (χ3v) is 5.82. The number of amides is 2. The number of anilines is 1. The first kappa shape index (κ1) is 18.5. The van der Waals surface area contributed by atoms with E-state index >= 15 is 0 Å². The molecule has 0 saturated carbocycles. The highest BCUT2D eigenvalue weighted by Gasteiger charge is 2.36. The van der Waals surface area contributed by atoms with E-state index in [1.165, 1.54) is 5.56 Å². The lowest BCUT2D eigenvalue weighted by Gasteiger charge is -2.34. The van der Waals surface area contributed by atoms with E-state index < -0.39 is 0 Å². The van der Waals surface area contributed by atoms with Crippen molar-refractivity contribution < 1.29 is 9.59 Å². The summed E-state index contributed by atoms with van der Waals surface area (Å²) in [5.74, 6) is 0.231. The average Bonchev–Trinajstić information content (AvgIpc) is 3.08. The van der Waals surface area contributed by atoms with Gasteiger partial charge in [-0.2, -0.15) is 0 Å². The summed E-state index contributed by atoms with van der Waals surface area (Å²) in [6, 6.07) is 18.2. The number of piperidine rings is 1. The van der Waals surface area contributed by atoms with Crippen LogP contribution in [0.2, 0.25) is 0 Å². The molecule has 0 bridgehead atoms. The zero-order chi connectivity index (χ0) is 19.5. The van der Waals surface area contributed by atoms with Crippen LogP contribution in [-0.2, 0) is 16.0 Å². The van der Waals surface area contributed by atoms with Crippen LogP contribution in [-0.4, -0.2) is 35.8 Å². The average molecular weight is 374 g/mol. The Morgan fingerprint density at radius 3 is 2.39 bits per heavy atom. The van der Waals surface area contributed by atoms with Gasteiger partial charge in [0.2, 0.25) is 11.8 Å². The van der Waals surface area contributed by atoms with E-state index in [0.29, 0.717) is 13.1 Å². The largest absolute Gasteiger partial charge is 0.339 e. The standard InChI is InChI=1S/C24H26N2O2/c1-18-17-21-9-5-6-10-22(21)26(18)24(28)20-13-15-25(16-14-20)23(27)12-11-19-7-3-2-4-8-19/h2-12,18,20H,13-17H2,1H3/b12-11+. The number of carbonyl (C=O) groups is 2. The molecule has 2 aromatic carbocycles. The maximum absolute atomic E-state index is 13.2. The zero-order valence-corrected chi connectivity index (χ0v) is 16.3. The fourth-order valence-corrected chi connectivity index (χ4v) is 4.28. The van der Waals surface area contributed by atoms with Crippen molar-refractivity contribution in [2.24, 2.45) is 5.92 Å². The first-order chi connectivity index (χ1) is 13.6. The zero-order valence-electron chi connectivity index (χ0n) is 16.3. The normalized spacial score (nSPS) is 19.8. The summed E-state index contributed by atoms with van der Waals surface area (Å²) in [5.41, 5.74) is 3.33. The van der Waals surface area contributed by atoms with Crippen molar-refractivity contribution in [2.45, 2.75) is 32.2 Å². The third-order valence-electron chi connectivity index (χ3n) is 5.82. The van der Waals surface area contributed by atoms with Crippen LogP contribution in [0.3, 0.4) is 0 Å². The maximum atomic E-state index is 13.2. The van der Waals surface area contributed by atoms with E-state index in [1.807, 2.05) is 64.4 Å². The van der Waals surface area contributed by atoms with Gasteiger partial charge in [-0.25, -0.2) is 0 Å². The number of rotatable bonds is 3. The molecule has 1 fully saturated rings. The minimum atomic E-state index is -0.00393. The monoisotopic (exact) mass is 374 g/mol. The van der Waals surface area contributed by atoms with Crippen molar-refractivity contribution in [1.82, 2.24) is 4.90 Å². The van der Waals surface area contributed by atoms with Crippen LogP contribution in [0.15, 0.2) is 60.7 Å². The molecule has 2 aromatic rings. The van der Waals surface area contributed by atoms with Gasteiger partial charge in [0.15, 0.2) is 0 Å². The van der Waals surface area contributed by atoms with Crippen molar-refractivity contribution in [3.8, 4) is 0 Å². The molecule has 0 radical (unpaired) electrons. The molecule has 2 amide bonds. The summed E-state index contributed by atoms with van der Waals surface area (Å²) in [5, 5.41) is 0. The van der Waals surface area contributed by atoms with Gasteiger partial charge < -0.3 is 9.80 Å². The Labute approximate surface area is 166 Å². The molecule has 4 nitrogen and oxygen atoms in total. The van der Waals surface area contributed by atoms with Crippen LogP contribution in [0.25, 0.3) is 6.08 Å². The third kappa shape index (κ3) is 3.72. The molecule has 4 heteroatoms. The molecule has 0 spiro atoms. The van der Waals surface area contributed by atoms with E-state index in [4.69, 9.17) is 0 Å². The van der Waals surface area contributed by atoms with Gasteiger partial charge in [-0.05, 0) is 49.5 Å². The Morgan fingerprint density at radius 1 is 0.964 bits per heavy atom. The van der Waals surface area contributed by atoms with Crippen molar-refractivity contribution in [2.75, 3.05) is 18.0 Å². The lowest BCUT2D eigenvalue weighted by molar-refractivity contribution is -0.131. The van der Waals surface area contributed by atoms with E-state index in [1.54, 1.807) is 6.08 Å². The molecule has 0 aliphatic carbocycles. The highest BCUT2D eigenvalue weighted by Crippen LogP contribution is 2.34. The number of benzene rings is 2. The molecule has 28 heavy (non-hydrogen) atoms. The van der Waals surface area contributed by atoms with Crippen LogP contribution in [0.4, 0.5) is 5.69 Å². The summed E-state index contributed by atoms with van der Waals surface area (Å²) in [7, 11) is 0. The summed E-state index contributed by atoms with van der Waals surface area (Å²) in [6.07, 6.45) is 5.87. The Balaban J connectivity index is 1.36. The smallest absolute Gasteiger partial charge is 0.246 e. The van der Waals surface area contributed by atoms with Gasteiger partial charge in [-0.1, -0.05) is 48.5 Å². The van der Waals surface area contributed by atoms with E-state index in [2.05, 4.69) is 13.0 Å². The second kappa shape index (κ2) is 8.01. The number of fused-ring (bicyclic) bond motifs is 1. The number of nitrogens with zero attached hydrogens (tertiary/aromatic N) is 2. The number of para-hydroxylation sites is 1. The molecule has 1 unspecified atom stereocenters. The SMILES string of the molecule is CC1Cc2ccccc2N1C(=O)C1CCN(C(=O)/C=C/c2ccccc2)CC1. The van der Waals surface area contributed by atoms with Crippen LogP contribution in [0.1, 0.15) is 30.9 Å². The molecule has 1 saturated heterocycles. The summed E-state index contributed by atoms with van der Waals surface area (Å²) >= 11 is 0. The van der Waals surface area contributed by atoms with Crippen LogP contribution >= 0.6 is 0 Å². The number of likely N-dealkylation sites (tertiary alicyclic amines) is 1. The maximum Gasteiger partial charge on any atom is 0.246 e. The Bertz CT molecular complexity index is 882. The molecule has 1 atom stereocenters. The molecule has 0 N–H and O–H groups in total. The van der Waals surface area contributed by atoms with Gasteiger partial charge in [0.1, 0.15) is 0 Å². The number of hydrogen-bond acceptors (Lipinski definition) is 2. The fraction of sp³-hybridized carbons (Fsp3) is 0.333. The molecule has 144 valence electrons. The molecule has 2 aliphatic heterocycles. The second-order valence-electron chi connectivity index (χ2n) is 7.73. The minimum Gasteiger partial charge on any atom is -0.339 e. The summed E-state index contributed by atoms with van der Waals surface area (Å²) in [6.45, 7) is 3.39. The van der Waals surface area contributed by atoms with Gasteiger partial charge in [0.25, 0.3) is 0 Å². The molecular formula is C24H26N2O2. The minimum absolute atomic E-state index is 0.00393. The van der Waals surface area contributed by atoms with Gasteiger partial charge in [0, 0.05) is 36.8 Å². The van der Waals surface area contributed by atoms with Crippen LogP contribution < -0.4 is 4.90 Å². The Kier molecular flexibility index (Phi) is 5.29. The lowest BCUT2D eigenvalue weighted by Crippen LogP contribution is -2.45. The van der Waals surface area contributed by atoms with Crippen molar-refractivity contribution in [3.63, 3.8) is 0 Å². The molecule has 2 heterocycles. The second-order valence-corrected chi connectivity index (χ2v) is 7.73. The van der Waals surface area contributed by atoms with E-state index in [9.17, 15) is 9.59 Å². The van der Waals surface area contributed by atoms with Crippen LogP contribution in [0.5, 0.6) is 0 Å². The van der Waals surface area contributed by atoms with Crippen molar-refractivity contribution in [1.29, 1.82) is 0 Å². The van der Waals surface area contributed by atoms with Crippen LogP contribution in [0, 0.1) is 5.92 Å². The van der Waals surface area contributed by atoms with Gasteiger partial charge in [-0.3, -0.25) is 9.59 Å². The molecule has 0 aromatic heterocycles. The van der Waals surface area contributed by atoms with Gasteiger partial charge in [-0.15, -0.1) is 0 Å². The highest BCUT2D eigenvalue weighted by molar-refractivity contribution is 5.98. The molecular weight excluding hydrogens is 348 g/mol. The predicted octanol–water partition coefficient (Wildman–Crippen LogP) is 3.92. The van der Waals surface area contributed by atoms with Gasteiger partial charge in [0.05, 0.1) is 0 Å². The summed E-state index contributed by atoms with van der Waals surface area (Å²) < 4.78 is 0. The highest BCUT2D eigenvalue weighted by atomic mass is 16.2. The van der Waals surface area contributed by atoms with E-state index in [-0.39, 0.29) is 23.8 Å². The Morgan fingerprint density at radius 2 is 1.64 bits per heavy atom. The molecule has 2 aliphatic rings. The van der Waals surface area contributed by atoms with Crippen molar-refractivity contribution >= 4 is 23.6 Å². The Hall–Kier alpha value is -2.88. The quantitative estimate of drug-likeness (QED) is 0.764. The fourth-order valence-electron chi connectivity index (χ4n) is 4.28. The van der Waals surface area contributed by atoms with E-state index in [0.717, 1.165) is 30.5 Å². The van der Waals surface area contributed by atoms with Crippen molar-refractivity contribution in [3.05, 3.63) is 71.8 Å². The topological polar surface area (TPSA) is 40.6 Å². The number of carbonyl (C=O) groups excluding carboxylic acids is 2. The lowest BCUT2D eigenvalue weighted by atomic mass is 9.94. The predicted molar refractivity (Wildman–Crippen MR) is 112 cm³/mol.